The van der Waals surface area contributed by atoms with Gasteiger partial charge in [0.1, 0.15) is 0 Å². The molecular weight excluding hydrogens is 266 g/mol. The molecule has 5 heteroatoms. The van der Waals surface area contributed by atoms with Gasteiger partial charge < -0.3 is 16.4 Å². The molecule has 1 aromatic rings. The van der Waals surface area contributed by atoms with E-state index in [1.807, 2.05) is 6.07 Å². The second kappa shape index (κ2) is 7.46. The number of hydrogen-bond acceptors (Lipinski definition) is 3. The van der Waals surface area contributed by atoms with E-state index in [-0.39, 0.29) is 24.9 Å². The molecule has 1 rings (SSSR count). The number of rotatable bonds is 4. The van der Waals surface area contributed by atoms with E-state index in [1.54, 1.807) is 39.1 Å². The topological polar surface area (TPSA) is 84.2 Å². The van der Waals surface area contributed by atoms with Gasteiger partial charge >= 0.3 is 0 Å². The van der Waals surface area contributed by atoms with Crippen molar-refractivity contribution in [2.24, 2.45) is 11.1 Å². The molecule has 2 amide bonds. The zero-order valence-electron chi connectivity index (χ0n) is 12.6. The summed E-state index contributed by atoms with van der Waals surface area (Å²) in [5, 5.41) is 5.35. The van der Waals surface area contributed by atoms with Crippen molar-refractivity contribution < 1.29 is 9.59 Å². The fourth-order valence-corrected chi connectivity index (χ4v) is 1.75. The number of amides is 2. The van der Waals surface area contributed by atoms with Crippen LogP contribution < -0.4 is 16.4 Å². The van der Waals surface area contributed by atoms with Gasteiger partial charge in [0.05, 0.1) is 17.5 Å². The highest BCUT2D eigenvalue weighted by Crippen LogP contribution is 2.14. The number of nitrogens with two attached hydrogens (primary N) is 1. The Bertz CT molecular complexity index is 583. The van der Waals surface area contributed by atoms with E-state index in [0.717, 1.165) is 0 Å². The maximum absolute atomic E-state index is 12.2. The smallest absolute Gasteiger partial charge is 0.252 e. The number of benzene rings is 1. The molecule has 0 spiro atoms. The lowest BCUT2D eigenvalue weighted by atomic mass is 9.92. The third kappa shape index (κ3) is 4.62. The molecule has 1 aromatic carbocycles. The minimum atomic E-state index is -0.678. The van der Waals surface area contributed by atoms with E-state index in [2.05, 4.69) is 22.5 Å². The van der Waals surface area contributed by atoms with Crippen LogP contribution in [0.5, 0.6) is 0 Å². The van der Waals surface area contributed by atoms with Gasteiger partial charge in [0.15, 0.2) is 0 Å². The Morgan fingerprint density at radius 3 is 2.57 bits per heavy atom. The number of nitrogens with one attached hydrogen (secondary N) is 2. The zero-order valence-corrected chi connectivity index (χ0v) is 12.6. The van der Waals surface area contributed by atoms with Crippen LogP contribution in [0.3, 0.4) is 0 Å². The van der Waals surface area contributed by atoms with Crippen molar-refractivity contribution in [1.29, 1.82) is 0 Å². The standard InChI is InChI=1S/C16H21N3O2/c1-16(2,15(21)18-3)11-19-14(20)13-9-5-4-7-12(13)8-6-10-17/h4-5,7,9H,10-11,17H2,1-3H3,(H,18,21)(H,19,20). The third-order valence-corrected chi connectivity index (χ3v) is 3.03. The molecule has 0 saturated carbocycles. The Morgan fingerprint density at radius 2 is 1.95 bits per heavy atom. The summed E-state index contributed by atoms with van der Waals surface area (Å²) < 4.78 is 0. The summed E-state index contributed by atoms with van der Waals surface area (Å²) in [6.45, 7) is 4.02. The van der Waals surface area contributed by atoms with Crippen molar-refractivity contribution in [3.8, 4) is 11.8 Å². The lowest BCUT2D eigenvalue weighted by molar-refractivity contribution is -0.128. The quantitative estimate of drug-likeness (QED) is 0.705. The van der Waals surface area contributed by atoms with Gasteiger partial charge in [-0.1, -0.05) is 24.0 Å². The van der Waals surface area contributed by atoms with Crippen LogP contribution in [-0.4, -0.2) is 32.0 Å². The molecule has 0 saturated heterocycles. The van der Waals surface area contributed by atoms with Crippen LogP contribution >= 0.6 is 0 Å². The first-order valence-corrected chi connectivity index (χ1v) is 6.70. The molecule has 5 nitrogen and oxygen atoms in total. The van der Waals surface area contributed by atoms with Gasteiger partial charge in [-0.25, -0.2) is 0 Å². The molecule has 0 aliphatic heterocycles. The van der Waals surface area contributed by atoms with Gasteiger partial charge in [0.25, 0.3) is 5.91 Å². The van der Waals surface area contributed by atoms with Crippen molar-refractivity contribution >= 4 is 11.8 Å². The third-order valence-electron chi connectivity index (χ3n) is 3.03. The normalized spacial score (nSPS) is 10.3. The first-order valence-electron chi connectivity index (χ1n) is 6.70. The van der Waals surface area contributed by atoms with Crippen molar-refractivity contribution in [1.82, 2.24) is 10.6 Å². The Labute approximate surface area is 125 Å². The van der Waals surface area contributed by atoms with E-state index in [4.69, 9.17) is 5.73 Å². The van der Waals surface area contributed by atoms with E-state index >= 15 is 0 Å². The molecule has 0 bridgehead atoms. The molecular formula is C16H21N3O2. The van der Waals surface area contributed by atoms with Crippen LogP contribution in [0.15, 0.2) is 24.3 Å². The van der Waals surface area contributed by atoms with Crippen molar-refractivity contribution in [3.63, 3.8) is 0 Å². The predicted octanol–water partition coefficient (Wildman–Crippen LogP) is 0.499. The SMILES string of the molecule is CNC(=O)C(C)(C)CNC(=O)c1ccccc1C#CCN. The first kappa shape index (κ1) is 16.7. The van der Waals surface area contributed by atoms with E-state index in [0.29, 0.717) is 11.1 Å². The fourth-order valence-electron chi connectivity index (χ4n) is 1.75. The molecule has 0 aliphatic carbocycles. The molecule has 0 aromatic heterocycles. The lowest BCUT2D eigenvalue weighted by Gasteiger charge is -2.22. The maximum Gasteiger partial charge on any atom is 0.252 e. The number of hydrogen-bond donors (Lipinski definition) is 3. The van der Waals surface area contributed by atoms with Gasteiger partial charge in [0, 0.05) is 19.2 Å². The maximum atomic E-state index is 12.2. The molecule has 0 atom stereocenters. The summed E-state index contributed by atoms with van der Waals surface area (Å²) in [6, 6.07) is 7.04. The summed E-state index contributed by atoms with van der Waals surface area (Å²) in [6.07, 6.45) is 0. The van der Waals surface area contributed by atoms with Crippen LogP contribution in [0.1, 0.15) is 29.8 Å². The van der Waals surface area contributed by atoms with Gasteiger partial charge in [-0.2, -0.15) is 0 Å². The predicted molar refractivity (Wildman–Crippen MR) is 82.6 cm³/mol. The summed E-state index contributed by atoms with van der Waals surface area (Å²) >= 11 is 0. The fraction of sp³-hybridized carbons (Fsp3) is 0.375. The van der Waals surface area contributed by atoms with E-state index < -0.39 is 5.41 Å². The van der Waals surface area contributed by atoms with Gasteiger partial charge in [-0.3, -0.25) is 9.59 Å². The van der Waals surface area contributed by atoms with Gasteiger partial charge in [0.2, 0.25) is 5.91 Å². The second-order valence-electron chi connectivity index (χ2n) is 5.20. The summed E-state index contributed by atoms with van der Waals surface area (Å²) in [4.78, 5) is 23.9. The van der Waals surface area contributed by atoms with E-state index in [9.17, 15) is 9.59 Å². The van der Waals surface area contributed by atoms with Crippen molar-refractivity contribution in [2.45, 2.75) is 13.8 Å². The Kier molecular flexibility index (Phi) is 5.94. The number of carbonyl (C=O) groups excluding carboxylic acids is 2. The highest BCUT2D eigenvalue weighted by Gasteiger charge is 2.27. The monoisotopic (exact) mass is 287 g/mol. The molecule has 112 valence electrons. The average Bonchev–Trinajstić information content (AvgIpc) is 2.50. The summed E-state index contributed by atoms with van der Waals surface area (Å²) in [5.74, 6) is 5.22. The molecule has 0 heterocycles. The summed E-state index contributed by atoms with van der Waals surface area (Å²) in [5.41, 5.74) is 5.77. The molecule has 0 aliphatic rings. The van der Waals surface area contributed by atoms with Crippen LogP contribution in [0.2, 0.25) is 0 Å². The van der Waals surface area contributed by atoms with Crippen LogP contribution in [-0.2, 0) is 4.79 Å². The Morgan fingerprint density at radius 1 is 1.29 bits per heavy atom. The Hall–Kier alpha value is -2.32. The largest absolute Gasteiger partial charge is 0.359 e. The zero-order chi connectivity index (χ0) is 15.9. The van der Waals surface area contributed by atoms with E-state index in [1.165, 1.54) is 0 Å². The van der Waals surface area contributed by atoms with Crippen molar-refractivity contribution in [2.75, 3.05) is 20.1 Å². The van der Waals surface area contributed by atoms with Crippen LogP contribution in [0.4, 0.5) is 0 Å². The molecule has 21 heavy (non-hydrogen) atoms. The minimum Gasteiger partial charge on any atom is -0.359 e. The highest BCUT2D eigenvalue weighted by molar-refractivity contribution is 5.97. The highest BCUT2D eigenvalue weighted by atomic mass is 16.2. The number of carbonyl (C=O) groups is 2. The molecule has 0 unspecified atom stereocenters. The minimum absolute atomic E-state index is 0.126. The van der Waals surface area contributed by atoms with Crippen LogP contribution in [0, 0.1) is 17.3 Å². The Balaban J connectivity index is 2.84. The first-order chi connectivity index (χ1) is 9.92. The van der Waals surface area contributed by atoms with Crippen molar-refractivity contribution in [3.05, 3.63) is 35.4 Å². The molecule has 0 fully saturated rings. The molecule has 4 N–H and O–H groups in total. The van der Waals surface area contributed by atoms with Gasteiger partial charge in [-0.05, 0) is 26.0 Å². The van der Waals surface area contributed by atoms with Crippen LogP contribution in [0.25, 0.3) is 0 Å². The van der Waals surface area contributed by atoms with Gasteiger partial charge in [-0.15, -0.1) is 0 Å². The second-order valence-corrected chi connectivity index (χ2v) is 5.20. The molecule has 0 radical (unpaired) electrons. The lowest BCUT2D eigenvalue weighted by Crippen LogP contribution is -2.43. The average molecular weight is 287 g/mol. The summed E-state index contributed by atoms with van der Waals surface area (Å²) in [7, 11) is 1.57.